The van der Waals surface area contributed by atoms with Crippen LogP contribution in [0.25, 0.3) is 11.4 Å². The van der Waals surface area contributed by atoms with E-state index in [2.05, 4.69) is 22.4 Å². The Morgan fingerprint density at radius 3 is 2.84 bits per heavy atom. The van der Waals surface area contributed by atoms with Gasteiger partial charge in [0, 0.05) is 11.6 Å². The molecule has 0 unspecified atom stereocenters. The van der Waals surface area contributed by atoms with Crippen LogP contribution in [0.5, 0.6) is 0 Å². The third-order valence-corrected chi connectivity index (χ3v) is 5.78. The first-order valence-electron chi connectivity index (χ1n) is 8.75. The Labute approximate surface area is 152 Å². The molecule has 1 aliphatic carbocycles. The van der Waals surface area contributed by atoms with Crippen LogP contribution < -0.4 is 11.2 Å². The molecule has 2 aromatic rings. The van der Waals surface area contributed by atoms with Gasteiger partial charge in [0.2, 0.25) is 11.1 Å². The average molecular weight is 359 g/mol. The number of thioether (sulfide) groups is 1. The third-order valence-electron chi connectivity index (χ3n) is 4.84. The summed E-state index contributed by atoms with van der Waals surface area (Å²) in [7, 11) is 0. The number of aryl methyl sites for hydroxylation is 1. The van der Waals surface area contributed by atoms with Crippen LogP contribution in [0.1, 0.15) is 38.2 Å². The van der Waals surface area contributed by atoms with E-state index in [0.717, 1.165) is 17.5 Å². The number of rotatable bonds is 5. The molecule has 6 nitrogen and oxygen atoms in total. The van der Waals surface area contributed by atoms with Gasteiger partial charge in [-0.15, -0.1) is 10.2 Å². The van der Waals surface area contributed by atoms with Crippen molar-refractivity contribution < 1.29 is 4.79 Å². The minimum Gasteiger partial charge on any atom is -0.352 e. The van der Waals surface area contributed by atoms with Crippen molar-refractivity contribution >= 4 is 17.7 Å². The van der Waals surface area contributed by atoms with Crippen molar-refractivity contribution in [3.8, 4) is 11.4 Å². The third kappa shape index (κ3) is 4.15. The van der Waals surface area contributed by atoms with Gasteiger partial charge < -0.3 is 11.2 Å². The van der Waals surface area contributed by atoms with Crippen molar-refractivity contribution in [2.75, 3.05) is 11.6 Å². The van der Waals surface area contributed by atoms with Crippen LogP contribution in [0.15, 0.2) is 29.4 Å². The van der Waals surface area contributed by atoms with E-state index >= 15 is 0 Å². The van der Waals surface area contributed by atoms with E-state index in [1.165, 1.54) is 35.7 Å². The molecule has 3 N–H and O–H groups in total. The highest BCUT2D eigenvalue weighted by Crippen LogP contribution is 2.25. The van der Waals surface area contributed by atoms with Gasteiger partial charge in [0.25, 0.3) is 0 Å². The standard InChI is InChI=1S/C18H25N5OS/c1-12-7-3-5-9-14(12)17-21-22-18(23(17)19)25-11-16(24)20-15-10-6-4-8-13(15)2/h3,5,7,9,13,15H,4,6,8,10-11,19H2,1-2H3,(H,20,24)/t13-,15-/m1/s1. The number of nitrogens with one attached hydrogen (secondary N) is 1. The lowest BCUT2D eigenvalue weighted by molar-refractivity contribution is -0.119. The molecular formula is C18H25N5OS. The Bertz CT molecular complexity index is 745. The molecular weight excluding hydrogens is 334 g/mol. The number of nitrogens with two attached hydrogens (primary N) is 1. The minimum absolute atomic E-state index is 0.0317. The van der Waals surface area contributed by atoms with Crippen LogP contribution >= 0.6 is 11.8 Å². The van der Waals surface area contributed by atoms with Gasteiger partial charge in [-0.05, 0) is 31.2 Å². The molecule has 2 atom stereocenters. The predicted molar refractivity (Wildman–Crippen MR) is 101 cm³/mol. The van der Waals surface area contributed by atoms with Gasteiger partial charge in [-0.3, -0.25) is 4.79 Å². The quantitative estimate of drug-likeness (QED) is 0.633. The fourth-order valence-corrected chi connectivity index (χ4v) is 3.96. The Morgan fingerprint density at radius 1 is 1.32 bits per heavy atom. The van der Waals surface area contributed by atoms with Crippen molar-refractivity contribution in [3.05, 3.63) is 29.8 Å². The molecule has 134 valence electrons. The number of nitrogens with zero attached hydrogens (tertiary/aromatic N) is 3. The van der Waals surface area contributed by atoms with Gasteiger partial charge in [-0.1, -0.05) is 55.8 Å². The molecule has 1 aromatic heterocycles. The molecule has 0 aliphatic heterocycles. The van der Waals surface area contributed by atoms with Crippen molar-refractivity contribution in [2.24, 2.45) is 5.92 Å². The second-order valence-electron chi connectivity index (χ2n) is 6.72. The van der Waals surface area contributed by atoms with Gasteiger partial charge in [0.1, 0.15) is 0 Å². The zero-order valence-electron chi connectivity index (χ0n) is 14.7. The molecule has 0 radical (unpaired) electrons. The van der Waals surface area contributed by atoms with Crippen LogP contribution in [0.3, 0.4) is 0 Å². The first kappa shape index (κ1) is 17.8. The highest BCUT2D eigenvalue weighted by Gasteiger charge is 2.23. The van der Waals surface area contributed by atoms with E-state index in [4.69, 9.17) is 5.84 Å². The zero-order valence-corrected chi connectivity index (χ0v) is 15.6. The van der Waals surface area contributed by atoms with Crippen molar-refractivity contribution in [1.29, 1.82) is 0 Å². The predicted octanol–water partition coefficient (Wildman–Crippen LogP) is 2.75. The van der Waals surface area contributed by atoms with Crippen LogP contribution in [-0.2, 0) is 4.79 Å². The van der Waals surface area contributed by atoms with Crippen LogP contribution in [0.2, 0.25) is 0 Å². The summed E-state index contributed by atoms with van der Waals surface area (Å²) < 4.78 is 1.46. The lowest BCUT2D eigenvalue weighted by Gasteiger charge is -2.29. The number of carbonyl (C=O) groups is 1. The molecule has 1 saturated carbocycles. The first-order chi connectivity index (χ1) is 12.1. The Hall–Kier alpha value is -2.02. The Morgan fingerprint density at radius 2 is 2.08 bits per heavy atom. The van der Waals surface area contributed by atoms with E-state index in [1.807, 2.05) is 31.2 Å². The summed E-state index contributed by atoms with van der Waals surface area (Å²) in [5.74, 6) is 7.63. The van der Waals surface area contributed by atoms with Gasteiger partial charge in [-0.2, -0.15) is 0 Å². The number of aromatic nitrogens is 3. The molecule has 25 heavy (non-hydrogen) atoms. The van der Waals surface area contributed by atoms with Crippen molar-refractivity contribution in [1.82, 2.24) is 20.2 Å². The van der Waals surface area contributed by atoms with E-state index in [-0.39, 0.29) is 5.91 Å². The van der Waals surface area contributed by atoms with Crippen LogP contribution in [-0.4, -0.2) is 32.6 Å². The summed E-state index contributed by atoms with van der Waals surface area (Å²) in [6.45, 7) is 4.22. The molecule has 1 heterocycles. The van der Waals surface area contributed by atoms with E-state index < -0.39 is 0 Å². The molecule has 0 bridgehead atoms. The Kier molecular flexibility index (Phi) is 5.63. The maximum atomic E-state index is 12.2. The van der Waals surface area contributed by atoms with E-state index in [9.17, 15) is 4.79 Å². The normalized spacial score (nSPS) is 20.4. The number of hydrogen-bond donors (Lipinski definition) is 2. The summed E-state index contributed by atoms with van der Waals surface area (Å²) in [4.78, 5) is 12.2. The smallest absolute Gasteiger partial charge is 0.230 e. The maximum absolute atomic E-state index is 12.2. The van der Waals surface area contributed by atoms with E-state index in [0.29, 0.717) is 28.7 Å². The second kappa shape index (κ2) is 7.91. The Balaban J connectivity index is 1.60. The average Bonchev–Trinajstić information content (AvgIpc) is 2.96. The number of benzene rings is 1. The minimum atomic E-state index is 0.0317. The number of amides is 1. The molecule has 7 heteroatoms. The van der Waals surface area contributed by atoms with Crippen molar-refractivity contribution in [3.63, 3.8) is 0 Å². The highest BCUT2D eigenvalue weighted by molar-refractivity contribution is 7.99. The molecule has 0 spiro atoms. The number of nitrogen functional groups attached to an aromatic ring is 1. The summed E-state index contributed by atoms with van der Waals surface area (Å²) in [5.41, 5.74) is 2.03. The zero-order chi connectivity index (χ0) is 17.8. The second-order valence-corrected chi connectivity index (χ2v) is 7.66. The lowest BCUT2D eigenvalue weighted by atomic mass is 9.86. The summed E-state index contributed by atoms with van der Waals surface area (Å²) in [5, 5.41) is 12.0. The van der Waals surface area contributed by atoms with Gasteiger partial charge in [-0.25, -0.2) is 4.68 Å². The topological polar surface area (TPSA) is 85.8 Å². The first-order valence-corrected chi connectivity index (χ1v) is 9.73. The van der Waals surface area contributed by atoms with Crippen LogP contribution in [0, 0.1) is 12.8 Å². The fraction of sp³-hybridized carbons (Fsp3) is 0.500. The molecule has 1 amide bonds. The lowest BCUT2D eigenvalue weighted by Crippen LogP contribution is -2.41. The van der Waals surface area contributed by atoms with E-state index in [1.54, 1.807) is 0 Å². The van der Waals surface area contributed by atoms with Gasteiger partial charge in [0.15, 0.2) is 5.82 Å². The molecule has 1 aromatic carbocycles. The molecule has 1 fully saturated rings. The summed E-state index contributed by atoms with van der Waals surface area (Å²) in [6, 6.07) is 8.19. The largest absolute Gasteiger partial charge is 0.352 e. The highest BCUT2D eigenvalue weighted by atomic mass is 32.2. The SMILES string of the molecule is Cc1ccccc1-c1nnc(SCC(=O)N[C@@H]2CCCC[C@H]2C)n1N. The van der Waals surface area contributed by atoms with Crippen molar-refractivity contribution in [2.45, 2.75) is 50.7 Å². The molecule has 0 saturated heterocycles. The summed E-state index contributed by atoms with van der Waals surface area (Å²) in [6.07, 6.45) is 4.72. The molecule has 3 rings (SSSR count). The van der Waals surface area contributed by atoms with Gasteiger partial charge >= 0.3 is 0 Å². The molecule has 1 aliphatic rings. The summed E-state index contributed by atoms with van der Waals surface area (Å²) >= 11 is 1.32. The van der Waals surface area contributed by atoms with Gasteiger partial charge in [0.05, 0.1) is 5.75 Å². The maximum Gasteiger partial charge on any atom is 0.230 e. The number of hydrogen-bond acceptors (Lipinski definition) is 5. The monoisotopic (exact) mass is 359 g/mol. The number of carbonyl (C=O) groups excluding carboxylic acids is 1. The van der Waals surface area contributed by atoms with Crippen LogP contribution in [0.4, 0.5) is 0 Å². The fourth-order valence-electron chi connectivity index (χ4n) is 3.29.